The van der Waals surface area contributed by atoms with E-state index in [0.29, 0.717) is 34.5 Å². The molecular weight excluding hydrogens is 456 g/mol. The molecular formula is C27H20N6O3. The molecule has 1 aliphatic rings. The highest BCUT2D eigenvalue weighted by atomic mass is 16.2. The zero-order valence-corrected chi connectivity index (χ0v) is 19.0. The van der Waals surface area contributed by atoms with Gasteiger partial charge in [-0.2, -0.15) is 5.10 Å². The highest BCUT2D eigenvalue weighted by Crippen LogP contribution is 2.24. The van der Waals surface area contributed by atoms with Gasteiger partial charge in [0.2, 0.25) is 0 Å². The summed E-state index contributed by atoms with van der Waals surface area (Å²) >= 11 is 0. The Labute approximate surface area is 205 Å². The third-order valence-corrected chi connectivity index (χ3v) is 6.04. The monoisotopic (exact) mass is 476 g/mol. The molecule has 9 nitrogen and oxygen atoms in total. The highest BCUT2D eigenvalue weighted by Gasteiger charge is 2.35. The first kappa shape index (κ1) is 21.5. The maximum Gasteiger partial charge on any atom is 0.261 e. The first-order chi connectivity index (χ1) is 17.5. The van der Waals surface area contributed by atoms with E-state index in [0.717, 1.165) is 11.3 Å². The Morgan fingerprint density at radius 2 is 1.64 bits per heavy atom. The third kappa shape index (κ3) is 3.92. The van der Waals surface area contributed by atoms with Crippen LogP contribution in [-0.4, -0.2) is 41.8 Å². The average molecular weight is 476 g/mol. The lowest BCUT2D eigenvalue weighted by molar-refractivity contribution is 0.0642. The van der Waals surface area contributed by atoms with Crippen molar-refractivity contribution in [2.24, 2.45) is 0 Å². The van der Waals surface area contributed by atoms with E-state index >= 15 is 0 Å². The number of hydrogen-bond donors (Lipinski definition) is 1. The number of nitrogens with one attached hydrogen (secondary N) is 1. The number of benzene rings is 2. The van der Waals surface area contributed by atoms with Crippen molar-refractivity contribution in [2.45, 2.75) is 13.1 Å². The summed E-state index contributed by atoms with van der Waals surface area (Å²) in [5.41, 5.74) is 4.15. The molecule has 0 saturated carbocycles. The van der Waals surface area contributed by atoms with Gasteiger partial charge in [0, 0.05) is 24.2 Å². The fraction of sp³-hybridized carbons (Fsp3) is 0.0741. The highest BCUT2D eigenvalue weighted by molar-refractivity contribution is 6.21. The average Bonchev–Trinajstić information content (AvgIpc) is 3.58. The Hall–Kier alpha value is -5.05. The number of pyridine rings is 1. The van der Waals surface area contributed by atoms with Crippen LogP contribution in [0.5, 0.6) is 0 Å². The lowest BCUT2D eigenvalue weighted by Gasteiger charge is -2.14. The molecule has 0 radical (unpaired) electrons. The quantitative estimate of drug-likeness (QED) is 0.377. The van der Waals surface area contributed by atoms with E-state index in [2.05, 4.69) is 15.4 Å². The first-order valence-corrected chi connectivity index (χ1v) is 11.4. The van der Waals surface area contributed by atoms with Crippen LogP contribution in [0, 0.1) is 0 Å². The van der Waals surface area contributed by atoms with Crippen molar-refractivity contribution in [3.8, 4) is 0 Å². The van der Waals surface area contributed by atoms with Crippen LogP contribution < -0.4 is 5.32 Å². The molecule has 3 aromatic heterocycles. The van der Waals surface area contributed by atoms with Gasteiger partial charge in [0.05, 0.1) is 41.8 Å². The second kappa shape index (κ2) is 8.62. The van der Waals surface area contributed by atoms with Crippen molar-refractivity contribution in [3.05, 3.63) is 119 Å². The Bertz CT molecular complexity index is 1580. The van der Waals surface area contributed by atoms with E-state index < -0.39 is 0 Å². The molecule has 9 heteroatoms. The fourth-order valence-corrected chi connectivity index (χ4v) is 4.32. The van der Waals surface area contributed by atoms with Gasteiger partial charge >= 0.3 is 0 Å². The second-order valence-corrected chi connectivity index (χ2v) is 8.52. The second-order valence-electron chi connectivity index (χ2n) is 8.52. The van der Waals surface area contributed by atoms with Crippen molar-refractivity contribution in [2.75, 3.05) is 5.32 Å². The van der Waals surface area contributed by atoms with Crippen LogP contribution in [0.15, 0.2) is 91.5 Å². The minimum atomic E-state index is -0.330. The molecule has 5 aromatic rings. The topological polar surface area (TPSA) is 102 Å². The van der Waals surface area contributed by atoms with Gasteiger partial charge in [0.25, 0.3) is 17.7 Å². The minimum Gasteiger partial charge on any atom is -0.319 e. The summed E-state index contributed by atoms with van der Waals surface area (Å²) in [4.78, 5) is 44.0. The van der Waals surface area contributed by atoms with Crippen LogP contribution in [0.3, 0.4) is 0 Å². The van der Waals surface area contributed by atoms with Crippen LogP contribution in [0.2, 0.25) is 0 Å². The molecule has 36 heavy (non-hydrogen) atoms. The molecule has 0 saturated heterocycles. The van der Waals surface area contributed by atoms with Crippen LogP contribution in [0.4, 0.5) is 5.69 Å². The Morgan fingerprint density at radius 3 is 2.42 bits per heavy atom. The maximum atomic E-state index is 12.9. The van der Waals surface area contributed by atoms with E-state index in [9.17, 15) is 14.4 Å². The molecule has 1 aliphatic heterocycles. The normalized spacial score (nSPS) is 12.8. The lowest BCUT2D eigenvalue weighted by atomic mass is 10.1. The number of imide groups is 1. The largest absolute Gasteiger partial charge is 0.319 e. The van der Waals surface area contributed by atoms with E-state index in [1.807, 2.05) is 35.0 Å². The zero-order chi connectivity index (χ0) is 24.6. The zero-order valence-electron chi connectivity index (χ0n) is 19.0. The number of amides is 3. The van der Waals surface area contributed by atoms with Crippen LogP contribution in [0.1, 0.15) is 42.3 Å². The van der Waals surface area contributed by atoms with Gasteiger partial charge in [-0.1, -0.05) is 30.3 Å². The first-order valence-electron chi connectivity index (χ1n) is 11.4. The summed E-state index contributed by atoms with van der Waals surface area (Å²) < 4.78 is 3.65. The SMILES string of the molecule is O=C(Nc1cnn(Cc2cn3ccccc3n2)c1)c1cccc(CN2C(=O)c3ccccc3C2=O)c1. The van der Waals surface area contributed by atoms with Crippen LogP contribution in [0.25, 0.3) is 5.65 Å². The van der Waals surface area contributed by atoms with Gasteiger partial charge < -0.3 is 9.72 Å². The number of rotatable bonds is 6. The number of aromatic nitrogens is 4. The standard InChI is InChI=1S/C27H20N6O3/c34-25(30-20-13-28-32(16-20)17-21-15-31-11-4-3-10-24(31)29-21)19-7-5-6-18(12-19)14-33-26(35)22-8-1-2-9-23(22)27(33)36/h1-13,15-16H,14,17H2,(H,30,34). The molecule has 3 amide bonds. The van der Waals surface area contributed by atoms with Gasteiger partial charge in [-0.05, 0) is 42.0 Å². The Kier molecular flexibility index (Phi) is 5.15. The van der Waals surface area contributed by atoms with Crippen molar-refractivity contribution in [1.82, 2.24) is 24.1 Å². The summed E-state index contributed by atoms with van der Waals surface area (Å²) in [6.07, 6.45) is 7.19. The maximum absolute atomic E-state index is 12.9. The van der Waals surface area contributed by atoms with Crippen molar-refractivity contribution < 1.29 is 14.4 Å². The molecule has 6 rings (SSSR count). The van der Waals surface area contributed by atoms with Gasteiger partial charge in [-0.15, -0.1) is 0 Å². The summed E-state index contributed by atoms with van der Waals surface area (Å²) in [6.45, 7) is 0.553. The van der Waals surface area contributed by atoms with E-state index in [4.69, 9.17) is 0 Å². The molecule has 0 fully saturated rings. The van der Waals surface area contributed by atoms with Gasteiger partial charge in [-0.3, -0.25) is 24.0 Å². The van der Waals surface area contributed by atoms with Gasteiger partial charge in [0.1, 0.15) is 5.65 Å². The molecule has 2 aromatic carbocycles. The summed E-state index contributed by atoms with van der Waals surface area (Å²) in [6, 6.07) is 19.4. The number of fused-ring (bicyclic) bond motifs is 2. The molecule has 0 aliphatic carbocycles. The van der Waals surface area contributed by atoms with Gasteiger partial charge in [0.15, 0.2) is 0 Å². The van der Waals surface area contributed by atoms with Crippen molar-refractivity contribution >= 4 is 29.1 Å². The van der Waals surface area contributed by atoms with Crippen molar-refractivity contribution in [3.63, 3.8) is 0 Å². The molecule has 176 valence electrons. The summed E-state index contributed by atoms with van der Waals surface area (Å²) in [5.74, 6) is -0.974. The smallest absolute Gasteiger partial charge is 0.261 e. The van der Waals surface area contributed by atoms with E-state index in [1.165, 1.54) is 4.90 Å². The minimum absolute atomic E-state index is 0.0877. The van der Waals surface area contributed by atoms with E-state index in [-0.39, 0.29) is 24.3 Å². The third-order valence-electron chi connectivity index (χ3n) is 6.04. The van der Waals surface area contributed by atoms with E-state index in [1.54, 1.807) is 65.6 Å². The number of carbonyl (C=O) groups is 3. The van der Waals surface area contributed by atoms with Crippen LogP contribution in [-0.2, 0) is 13.1 Å². The number of nitrogens with zero attached hydrogens (tertiary/aromatic N) is 5. The molecule has 0 atom stereocenters. The number of carbonyl (C=O) groups excluding carboxylic acids is 3. The molecule has 0 spiro atoms. The Balaban J connectivity index is 1.13. The predicted octanol–water partition coefficient (Wildman–Crippen LogP) is 3.63. The summed E-state index contributed by atoms with van der Waals surface area (Å²) in [5, 5.41) is 7.17. The predicted molar refractivity (Wildman–Crippen MR) is 132 cm³/mol. The van der Waals surface area contributed by atoms with Crippen LogP contribution >= 0.6 is 0 Å². The molecule has 0 bridgehead atoms. The molecule has 4 heterocycles. The molecule has 0 unspecified atom stereocenters. The van der Waals surface area contributed by atoms with Gasteiger partial charge in [-0.25, -0.2) is 4.98 Å². The number of imidazole rings is 1. The van der Waals surface area contributed by atoms with Crippen molar-refractivity contribution in [1.29, 1.82) is 0 Å². The lowest BCUT2D eigenvalue weighted by Crippen LogP contribution is -2.29. The number of anilines is 1. The fourth-order valence-electron chi connectivity index (χ4n) is 4.32. The molecule has 1 N–H and O–H groups in total. The summed E-state index contributed by atoms with van der Waals surface area (Å²) in [7, 11) is 0. The Morgan fingerprint density at radius 1 is 0.861 bits per heavy atom. The number of hydrogen-bond acceptors (Lipinski definition) is 5.